The van der Waals surface area contributed by atoms with E-state index in [0.717, 1.165) is 0 Å². The molecule has 0 bridgehead atoms. The zero-order chi connectivity index (χ0) is 12.1. The number of carbonyl (C=O) groups is 1. The molecule has 0 saturated carbocycles. The van der Waals surface area contributed by atoms with Crippen molar-refractivity contribution < 1.29 is 4.79 Å². The van der Waals surface area contributed by atoms with E-state index in [1.165, 1.54) is 4.88 Å². The van der Waals surface area contributed by atoms with Crippen LogP contribution in [0.5, 0.6) is 0 Å². The van der Waals surface area contributed by atoms with Crippen molar-refractivity contribution in [3.63, 3.8) is 0 Å². The Morgan fingerprint density at radius 1 is 1.47 bits per heavy atom. The Morgan fingerprint density at radius 2 is 2.12 bits per heavy atom. The van der Waals surface area contributed by atoms with E-state index in [0.29, 0.717) is 13.1 Å². The fourth-order valence-electron chi connectivity index (χ4n) is 1.47. The summed E-state index contributed by atoms with van der Waals surface area (Å²) in [5.74, 6) is 0.0493. The monoisotopic (exact) mass is 276 g/mol. The van der Waals surface area contributed by atoms with Gasteiger partial charge in [-0.05, 0) is 25.3 Å². The SMILES string of the molecule is CC(CN)C(=O)N(Cc1cccs1)C(C)C.Cl. The zero-order valence-corrected chi connectivity index (χ0v) is 12.2. The molecule has 0 spiro atoms. The Hall–Kier alpha value is -0.580. The van der Waals surface area contributed by atoms with Crippen molar-refractivity contribution in [3.8, 4) is 0 Å². The molecule has 1 aromatic rings. The number of nitrogens with two attached hydrogens (primary N) is 1. The van der Waals surface area contributed by atoms with Gasteiger partial charge in [0.2, 0.25) is 5.91 Å². The molecule has 0 aromatic carbocycles. The quantitative estimate of drug-likeness (QED) is 0.898. The van der Waals surface area contributed by atoms with Gasteiger partial charge in [0, 0.05) is 23.4 Å². The fraction of sp³-hybridized carbons (Fsp3) is 0.583. The van der Waals surface area contributed by atoms with Crippen LogP contribution in [-0.2, 0) is 11.3 Å². The minimum atomic E-state index is -0.0950. The third-order valence-electron chi connectivity index (χ3n) is 2.59. The number of halogens is 1. The highest BCUT2D eigenvalue weighted by Gasteiger charge is 2.22. The van der Waals surface area contributed by atoms with Gasteiger partial charge in [0.25, 0.3) is 0 Å². The number of rotatable bonds is 5. The van der Waals surface area contributed by atoms with Gasteiger partial charge in [0.05, 0.1) is 6.54 Å². The lowest BCUT2D eigenvalue weighted by atomic mass is 10.1. The normalized spacial score (nSPS) is 12.1. The lowest BCUT2D eigenvalue weighted by molar-refractivity contribution is -0.137. The van der Waals surface area contributed by atoms with Crippen LogP contribution in [0.15, 0.2) is 17.5 Å². The molecular formula is C12H21ClN2OS. The van der Waals surface area contributed by atoms with Crippen molar-refractivity contribution in [3.05, 3.63) is 22.4 Å². The van der Waals surface area contributed by atoms with Crippen LogP contribution in [0.4, 0.5) is 0 Å². The summed E-state index contributed by atoms with van der Waals surface area (Å²) in [6, 6.07) is 4.28. The van der Waals surface area contributed by atoms with Gasteiger partial charge >= 0.3 is 0 Å². The molecule has 0 aliphatic heterocycles. The maximum atomic E-state index is 12.1. The van der Waals surface area contributed by atoms with E-state index in [-0.39, 0.29) is 30.3 Å². The molecule has 0 aliphatic rings. The summed E-state index contributed by atoms with van der Waals surface area (Å²) in [5.41, 5.74) is 5.54. The molecule has 0 fully saturated rings. The molecule has 98 valence electrons. The second kappa shape index (κ2) is 7.69. The van der Waals surface area contributed by atoms with Crippen molar-refractivity contribution in [2.24, 2.45) is 11.7 Å². The molecular weight excluding hydrogens is 256 g/mol. The summed E-state index contributed by atoms with van der Waals surface area (Å²) < 4.78 is 0. The van der Waals surface area contributed by atoms with E-state index >= 15 is 0 Å². The van der Waals surface area contributed by atoms with Crippen molar-refractivity contribution in [1.29, 1.82) is 0 Å². The van der Waals surface area contributed by atoms with E-state index in [9.17, 15) is 4.79 Å². The molecule has 2 N–H and O–H groups in total. The van der Waals surface area contributed by atoms with E-state index in [4.69, 9.17) is 5.73 Å². The number of thiophene rings is 1. The maximum Gasteiger partial charge on any atom is 0.227 e. The van der Waals surface area contributed by atoms with Crippen LogP contribution in [0, 0.1) is 5.92 Å². The van der Waals surface area contributed by atoms with E-state index < -0.39 is 0 Å². The van der Waals surface area contributed by atoms with Crippen molar-refractivity contribution in [2.45, 2.75) is 33.4 Å². The predicted octanol–water partition coefficient (Wildman–Crippen LogP) is 2.50. The number of carbonyl (C=O) groups excluding carboxylic acids is 1. The molecule has 1 atom stereocenters. The highest BCUT2D eigenvalue weighted by molar-refractivity contribution is 7.09. The van der Waals surface area contributed by atoms with Crippen molar-refractivity contribution in [2.75, 3.05) is 6.54 Å². The molecule has 17 heavy (non-hydrogen) atoms. The Balaban J connectivity index is 0.00000256. The Kier molecular flexibility index (Phi) is 7.43. The molecule has 1 aromatic heterocycles. The zero-order valence-electron chi connectivity index (χ0n) is 10.6. The summed E-state index contributed by atoms with van der Waals surface area (Å²) in [6.45, 7) is 7.06. The first-order valence-corrected chi connectivity index (χ1v) is 6.47. The maximum absolute atomic E-state index is 12.1. The van der Waals surface area contributed by atoms with Gasteiger partial charge < -0.3 is 10.6 Å². The smallest absolute Gasteiger partial charge is 0.227 e. The summed E-state index contributed by atoms with van der Waals surface area (Å²) in [4.78, 5) is 15.2. The second-order valence-corrected chi connectivity index (χ2v) is 5.31. The molecule has 3 nitrogen and oxygen atoms in total. The Bertz CT molecular complexity index is 327. The number of amides is 1. The lowest BCUT2D eigenvalue weighted by Crippen LogP contribution is -2.41. The van der Waals surface area contributed by atoms with Gasteiger partial charge in [0.15, 0.2) is 0 Å². The highest BCUT2D eigenvalue weighted by atomic mass is 35.5. The number of nitrogens with zero attached hydrogens (tertiary/aromatic N) is 1. The summed E-state index contributed by atoms with van der Waals surface area (Å²) >= 11 is 1.68. The topological polar surface area (TPSA) is 46.3 Å². The summed E-state index contributed by atoms with van der Waals surface area (Å²) in [5, 5.41) is 2.03. The molecule has 0 radical (unpaired) electrons. The van der Waals surface area contributed by atoms with Gasteiger partial charge in [-0.2, -0.15) is 0 Å². The van der Waals surface area contributed by atoms with Crippen LogP contribution in [0.3, 0.4) is 0 Å². The lowest BCUT2D eigenvalue weighted by Gasteiger charge is -2.28. The van der Waals surface area contributed by atoms with Crippen LogP contribution in [0.25, 0.3) is 0 Å². The van der Waals surface area contributed by atoms with E-state index in [2.05, 4.69) is 6.07 Å². The molecule has 1 rings (SSSR count). The summed E-state index contributed by atoms with van der Waals surface area (Å²) in [6.07, 6.45) is 0. The second-order valence-electron chi connectivity index (χ2n) is 4.28. The molecule has 0 saturated heterocycles. The third kappa shape index (κ3) is 4.66. The van der Waals surface area contributed by atoms with Gasteiger partial charge in [-0.3, -0.25) is 4.79 Å². The fourth-order valence-corrected chi connectivity index (χ4v) is 2.17. The first-order chi connectivity index (χ1) is 7.56. The molecule has 1 amide bonds. The molecule has 0 aliphatic carbocycles. The Morgan fingerprint density at radius 3 is 2.53 bits per heavy atom. The molecule has 1 heterocycles. The van der Waals surface area contributed by atoms with Crippen LogP contribution in [0.1, 0.15) is 25.6 Å². The van der Waals surface area contributed by atoms with Gasteiger partial charge in [-0.25, -0.2) is 0 Å². The minimum Gasteiger partial charge on any atom is -0.335 e. The van der Waals surface area contributed by atoms with Gasteiger partial charge in [0.1, 0.15) is 0 Å². The van der Waals surface area contributed by atoms with Crippen molar-refractivity contribution in [1.82, 2.24) is 4.90 Å². The average Bonchev–Trinajstić information content (AvgIpc) is 2.76. The molecule has 5 heteroatoms. The molecule has 1 unspecified atom stereocenters. The first kappa shape index (κ1) is 16.4. The van der Waals surface area contributed by atoms with Crippen LogP contribution in [0.2, 0.25) is 0 Å². The third-order valence-corrected chi connectivity index (χ3v) is 3.45. The van der Waals surface area contributed by atoms with Crippen molar-refractivity contribution >= 4 is 29.7 Å². The highest BCUT2D eigenvalue weighted by Crippen LogP contribution is 2.16. The minimum absolute atomic E-state index is 0. The van der Waals surface area contributed by atoms with Crippen LogP contribution in [-0.4, -0.2) is 23.4 Å². The van der Waals surface area contributed by atoms with E-state index in [1.54, 1.807) is 11.3 Å². The van der Waals surface area contributed by atoms with Crippen LogP contribution >= 0.6 is 23.7 Å². The summed E-state index contributed by atoms with van der Waals surface area (Å²) in [7, 11) is 0. The largest absolute Gasteiger partial charge is 0.335 e. The standard InChI is InChI=1S/C12H20N2OS.ClH/c1-9(2)14(12(15)10(3)7-13)8-11-5-4-6-16-11;/h4-6,9-10H,7-8,13H2,1-3H3;1H. The first-order valence-electron chi connectivity index (χ1n) is 5.59. The number of hydrogen-bond acceptors (Lipinski definition) is 3. The number of hydrogen-bond donors (Lipinski definition) is 1. The van der Waals surface area contributed by atoms with E-state index in [1.807, 2.05) is 37.1 Å². The Labute approximate surface area is 113 Å². The van der Waals surface area contributed by atoms with Gasteiger partial charge in [-0.15, -0.1) is 23.7 Å². The predicted molar refractivity (Wildman–Crippen MR) is 75.5 cm³/mol. The van der Waals surface area contributed by atoms with Crippen LogP contribution < -0.4 is 5.73 Å². The van der Waals surface area contributed by atoms with Gasteiger partial charge in [-0.1, -0.05) is 13.0 Å². The average molecular weight is 277 g/mol.